The fourth-order valence-corrected chi connectivity index (χ4v) is 3.42. The Labute approximate surface area is 136 Å². The van der Waals surface area contributed by atoms with Gasteiger partial charge >= 0.3 is 0 Å². The fraction of sp³-hybridized carbons (Fsp3) is 0.556. The fourth-order valence-electron chi connectivity index (χ4n) is 3.42. The first kappa shape index (κ1) is 16.0. The Kier molecular flexibility index (Phi) is 4.96. The predicted molar refractivity (Wildman–Crippen MR) is 90.2 cm³/mol. The highest BCUT2D eigenvalue weighted by molar-refractivity contribution is 5.81. The summed E-state index contributed by atoms with van der Waals surface area (Å²) in [5.41, 5.74) is 1.92. The third kappa shape index (κ3) is 3.39. The number of hydrogen-bond donors (Lipinski definition) is 1. The van der Waals surface area contributed by atoms with E-state index in [2.05, 4.69) is 11.9 Å². The number of aryl methyl sites for hydroxylation is 1. The molecular formula is C18H25N3O2. The minimum absolute atomic E-state index is 0.139. The van der Waals surface area contributed by atoms with Crippen LogP contribution < -0.4 is 0 Å². The monoisotopic (exact) mass is 315 g/mol. The molecule has 0 radical (unpaired) electrons. The summed E-state index contributed by atoms with van der Waals surface area (Å²) in [6.07, 6.45) is 4.75. The molecule has 0 bridgehead atoms. The molecule has 2 heterocycles. The molecule has 1 aromatic carbocycles. The highest BCUT2D eigenvalue weighted by atomic mass is 16.3. The van der Waals surface area contributed by atoms with E-state index >= 15 is 0 Å². The first-order chi connectivity index (χ1) is 11.2. The van der Waals surface area contributed by atoms with Crippen molar-refractivity contribution >= 4 is 16.9 Å². The Morgan fingerprint density at radius 3 is 2.96 bits per heavy atom. The summed E-state index contributed by atoms with van der Waals surface area (Å²) in [4.78, 5) is 19.4. The van der Waals surface area contributed by atoms with E-state index in [0.29, 0.717) is 25.4 Å². The second kappa shape index (κ2) is 7.13. The van der Waals surface area contributed by atoms with Gasteiger partial charge < -0.3 is 14.6 Å². The quantitative estimate of drug-likeness (QED) is 0.921. The third-order valence-corrected chi connectivity index (χ3v) is 4.71. The lowest BCUT2D eigenvalue weighted by Gasteiger charge is -2.33. The summed E-state index contributed by atoms with van der Waals surface area (Å²) >= 11 is 0. The van der Waals surface area contributed by atoms with Crippen LogP contribution in [0.4, 0.5) is 0 Å². The van der Waals surface area contributed by atoms with E-state index in [1.165, 1.54) is 6.42 Å². The molecule has 0 saturated carbocycles. The van der Waals surface area contributed by atoms with Gasteiger partial charge in [0.15, 0.2) is 0 Å². The molecule has 5 heteroatoms. The van der Waals surface area contributed by atoms with E-state index < -0.39 is 0 Å². The molecule has 1 atom stereocenters. The molecule has 0 spiro atoms. The molecule has 1 aromatic heterocycles. The summed E-state index contributed by atoms with van der Waals surface area (Å²) in [7, 11) is 0. The van der Waals surface area contributed by atoms with E-state index in [1.54, 1.807) is 0 Å². The van der Waals surface area contributed by atoms with Crippen LogP contribution in [0.3, 0.4) is 0 Å². The average Bonchev–Trinajstić information content (AvgIpc) is 2.91. The lowest BCUT2D eigenvalue weighted by molar-refractivity contribution is -0.135. The number of aliphatic hydroxyl groups is 1. The van der Waals surface area contributed by atoms with Gasteiger partial charge in [-0.2, -0.15) is 0 Å². The van der Waals surface area contributed by atoms with Gasteiger partial charge in [0.1, 0.15) is 12.4 Å². The Bertz CT molecular complexity index is 680. The molecule has 2 aromatic rings. The van der Waals surface area contributed by atoms with Crippen molar-refractivity contribution in [3.05, 3.63) is 30.1 Å². The standard InChI is InChI=1S/C18H25N3O2/c1-14-7-4-5-11-20(14)18(23)13-21-16-9-3-2-8-15(16)19-17(21)10-6-12-22/h2-3,8-9,14,22H,4-7,10-13H2,1H3. The number of fused-ring (bicyclic) bond motifs is 1. The zero-order chi connectivity index (χ0) is 16.2. The van der Waals surface area contributed by atoms with Gasteiger partial charge in [-0.25, -0.2) is 4.98 Å². The van der Waals surface area contributed by atoms with Gasteiger partial charge in [0, 0.05) is 25.6 Å². The smallest absolute Gasteiger partial charge is 0.242 e. The van der Waals surface area contributed by atoms with Crippen molar-refractivity contribution in [3.8, 4) is 0 Å². The second-order valence-electron chi connectivity index (χ2n) is 6.36. The minimum atomic E-state index is 0.139. The number of aliphatic hydroxyl groups excluding tert-OH is 1. The number of benzene rings is 1. The SMILES string of the molecule is CC1CCCCN1C(=O)Cn1c(CCCO)nc2ccccc21. The first-order valence-corrected chi connectivity index (χ1v) is 8.55. The van der Waals surface area contributed by atoms with Gasteiger partial charge in [0.05, 0.1) is 11.0 Å². The van der Waals surface area contributed by atoms with Crippen LogP contribution in [0.1, 0.15) is 38.4 Å². The van der Waals surface area contributed by atoms with Crippen LogP contribution >= 0.6 is 0 Å². The number of hydrogen-bond acceptors (Lipinski definition) is 3. The lowest BCUT2D eigenvalue weighted by atomic mass is 10.0. The maximum Gasteiger partial charge on any atom is 0.242 e. The van der Waals surface area contributed by atoms with Crippen molar-refractivity contribution in [2.24, 2.45) is 0 Å². The summed E-state index contributed by atoms with van der Waals surface area (Å²) < 4.78 is 2.02. The molecule has 1 amide bonds. The molecule has 1 N–H and O–H groups in total. The molecule has 5 nitrogen and oxygen atoms in total. The van der Waals surface area contributed by atoms with Gasteiger partial charge in [-0.05, 0) is 44.7 Å². The molecule has 1 fully saturated rings. The van der Waals surface area contributed by atoms with Crippen LogP contribution in [0.25, 0.3) is 11.0 Å². The number of para-hydroxylation sites is 2. The highest BCUT2D eigenvalue weighted by Gasteiger charge is 2.24. The Balaban J connectivity index is 1.86. The number of rotatable bonds is 5. The summed E-state index contributed by atoms with van der Waals surface area (Å²) in [5.74, 6) is 1.06. The van der Waals surface area contributed by atoms with Crippen molar-refractivity contribution in [3.63, 3.8) is 0 Å². The van der Waals surface area contributed by atoms with Gasteiger partial charge in [-0.15, -0.1) is 0 Å². The van der Waals surface area contributed by atoms with Crippen LogP contribution in [-0.2, 0) is 17.8 Å². The minimum Gasteiger partial charge on any atom is -0.396 e. The molecule has 1 unspecified atom stereocenters. The van der Waals surface area contributed by atoms with E-state index in [9.17, 15) is 4.79 Å². The lowest BCUT2D eigenvalue weighted by Crippen LogP contribution is -2.43. The van der Waals surface area contributed by atoms with Crippen molar-refractivity contribution in [1.29, 1.82) is 0 Å². The maximum atomic E-state index is 12.8. The molecular weight excluding hydrogens is 290 g/mol. The van der Waals surface area contributed by atoms with Gasteiger partial charge in [0.2, 0.25) is 5.91 Å². The van der Waals surface area contributed by atoms with Crippen LogP contribution in [0.2, 0.25) is 0 Å². The molecule has 3 rings (SSSR count). The van der Waals surface area contributed by atoms with E-state index in [0.717, 1.165) is 36.2 Å². The summed E-state index contributed by atoms with van der Waals surface area (Å²) in [5, 5.41) is 9.10. The van der Waals surface area contributed by atoms with E-state index in [1.807, 2.05) is 33.7 Å². The Morgan fingerprint density at radius 1 is 1.35 bits per heavy atom. The first-order valence-electron chi connectivity index (χ1n) is 8.55. The zero-order valence-corrected chi connectivity index (χ0v) is 13.7. The van der Waals surface area contributed by atoms with E-state index in [-0.39, 0.29) is 12.5 Å². The average molecular weight is 315 g/mol. The number of piperidine rings is 1. The highest BCUT2D eigenvalue weighted by Crippen LogP contribution is 2.20. The summed E-state index contributed by atoms with van der Waals surface area (Å²) in [6.45, 7) is 3.47. The number of nitrogens with zero attached hydrogens (tertiary/aromatic N) is 3. The van der Waals surface area contributed by atoms with E-state index in [4.69, 9.17) is 5.11 Å². The molecule has 1 aliphatic rings. The van der Waals surface area contributed by atoms with Crippen LogP contribution in [0, 0.1) is 0 Å². The zero-order valence-electron chi connectivity index (χ0n) is 13.7. The van der Waals surface area contributed by atoms with Gasteiger partial charge in [-0.1, -0.05) is 12.1 Å². The Morgan fingerprint density at radius 2 is 2.17 bits per heavy atom. The molecule has 23 heavy (non-hydrogen) atoms. The largest absolute Gasteiger partial charge is 0.396 e. The van der Waals surface area contributed by atoms with Gasteiger partial charge in [-0.3, -0.25) is 4.79 Å². The van der Waals surface area contributed by atoms with Crippen molar-refractivity contribution in [2.45, 2.75) is 51.6 Å². The molecule has 124 valence electrons. The second-order valence-corrected chi connectivity index (χ2v) is 6.36. The van der Waals surface area contributed by atoms with Crippen LogP contribution in [-0.4, -0.2) is 44.7 Å². The van der Waals surface area contributed by atoms with Crippen molar-refractivity contribution in [2.75, 3.05) is 13.2 Å². The number of amides is 1. The molecule has 0 aliphatic carbocycles. The third-order valence-electron chi connectivity index (χ3n) is 4.71. The molecule has 1 saturated heterocycles. The number of carbonyl (C=O) groups is 1. The summed E-state index contributed by atoms with van der Waals surface area (Å²) in [6, 6.07) is 8.25. The number of imidazole rings is 1. The number of aromatic nitrogens is 2. The predicted octanol–water partition coefficient (Wildman–Crippen LogP) is 2.36. The van der Waals surface area contributed by atoms with Crippen LogP contribution in [0.15, 0.2) is 24.3 Å². The molecule has 1 aliphatic heterocycles. The normalized spacial score (nSPS) is 18.5. The number of likely N-dealkylation sites (tertiary alicyclic amines) is 1. The number of carbonyl (C=O) groups excluding carboxylic acids is 1. The maximum absolute atomic E-state index is 12.8. The van der Waals surface area contributed by atoms with Crippen molar-refractivity contribution < 1.29 is 9.90 Å². The Hall–Kier alpha value is -1.88. The van der Waals surface area contributed by atoms with Gasteiger partial charge in [0.25, 0.3) is 0 Å². The van der Waals surface area contributed by atoms with Crippen LogP contribution in [0.5, 0.6) is 0 Å². The van der Waals surface area contributed by atoms with Crippen molar-refractivity contribution in [1.82, 2.24) is 14.5 Å². The topological polar surface area (TPSA) is 58.4 Å².